The van der Waals surface area contributed by atoms with E-state index < -0.39 is 0 Å². The van der Waals surface area contributed by atoms with Gasteiger partial charge in [-0.25, -0.2) is 9.18 Å². The maximum absolute atomic E-state index is 13.3. The van der Waals surface area contributed by atoms with Gasteiger partial charge in [-0.2, -0.15) is 0 Å². The van der Waals surface area contributed by atoms with E-state index in [0.29, 0.717) is 12.1 Å². The number of urea groups is 1. The zero-order chi connectivity index (χ0) is 10.1. The van der Waals surface area contributed by atoms with Crippen molar-refractivity contribution in [2.24, 2.45) is 0 Å². The van der Waals surface area contributed by atoms with Crippen LogP contribution in [0, 0.1) is 5.82 Å². The summed E-state index contributed by atoms with van der Waals surface area (Å²) in [7, 11) is 0. The van der Waals surface area contributed by atoms with Crippen molar-refractivity contribution in [1.82, 2.24) is 10.6 Å². The minimum atomic E-state index is -0.304. The summed E-state index contributed by atoms with van der Waals surface area (Å²) in [5.41, 5.74) is 0.498. The Morgan fingerprint density at radius 2 is 2.29 bits per heavy atom. The Hall–Kier alpha value is -1.10. The van der Waals surface area contributed by atoms with Crippen molar-refractivity contribution >= 4 is 22.0 Å². The number of hydrogen-bond acceptors (Lipinski definition) is 1. The second-order valence-electron chi connectivity index (χ2n) is 3.07. The van der Waals surface area contributed by atoms with Crippen LogP contribution < -0.4 is 10.6 Å². The number of carbonyl (C=O) groups is 1. The summed E-state index contributed by atoms with van der Waals surface area (Å²) in [4.78, 5) is 10.9. The van der Waals surface area contributed by atoms with Crippen molar-refractivity contribution in [2.45, 2.75) is 6.04 Å². The van der Waals surface area contributed by atoms with Gasteiger partial charge in [0, 0.05) is 16.6 Å². The molecular formula is C9H8BrFN2O. The van der Waals surface area contributed by atoms with Crippen molar-refractivity contribution < 1.29 is 9.18 Å². The summed E-state index contributed by atoms with van der Waals surface area (Å²) in [6.07, 6.45) is 0. The first-order valence-electron chi connectivity index (χ1n) is 4.16. The van der Waals surface area contributed by atoms with Gasteiger partial charge in [-0.15, -0.1) is 0 Å². The molecule has 1 aliphatic rings. The molecular weight excluding hydrogens is 251 g/mol. The van der Waals surface area contributed by atoms with Crippen molar-refractivity contribution in [1.29, 1.82) is 0 Å². The molecule has 0 aliphatic carbocycles. The fourth-order valence-corrected chi connectivity index (χ4v) is 1.80. The van der Waals surface area contributed by atoms with E-state index in [-0.39, 0.29) is 17.9 Å². The number of halogens is 2. The fourth-order valence-electron chi connectivity index (χ4n) is 1.42. The van der Waals surface area contributed by atoms with Crippen LogP contribution in [0.5, 0.6) is 0 Å². The highest BCUT2D eigenvalue weighted by atomic mass is 79.9. The lowest BCUT2D eigenvalue weighted by Crippen LogP contribution is -2.22. The van der Waals surface area contributed by atoms with E-state index >= 15 is 0 Å². The molecule has 74 valence electrons. The molecule has 1 atom stereocenters. The van der Waals surface area contributed by atoms with Gasteiger partial charge in [-0.1, -0.05) is 15.9 Å². The number of hydrogen-bond donors (Lipinski definition) is 2. The number of amides is 2. The average molecular weight is 259 g/mol. The predicted octanol–water partition coefficient (Wildman–Crippen LogP) is 1.94. The molecule has 0 radical (unpaired) electrons. The molecule has 5 heteroatoms. The molecule has 2 rings (SSSR count). The fraction of sp³-hybridized carbons (Fsp3) is 0.222. The lowest BCUT2D eigenvalue weighted by atomic mass is 10.1. The smallest absolute Gasteiger partial charge is 0.315 e. The van der Waals surface area contributed by atoms with Crippen LogP contribution in [0.1, 0.15) is 11.6 Å². The summed E-state index contributed by atoms with van der Waals surface area (Å²) in [6, 6.07) is 4.15. The van der Waals surface area contributed by atoms with E-state index in [2.05, 4.69) is 26.6 Å². The standard InChI is InChI=1S/C9H8BrFN2O/c10-5-1-2-7(11)6(3-5)8-4-12-9(14)13-8/h1-3,8H,4H2,(H2,12,13,14). The maximum atomic E-state index is 13.3. The predicted molar refractivity (Wildman–Crippen MR) is 53.4 cm³/mol. The summed E-state index contributed by atoms with van der Waals surface area (Å²) in [6.45, 7) is 0.423. The molecule has 0 saturated carbocycles. The average Bonchev–Trinajstić information content (AvgIpc) is 2.56. The van der Waals surface area contributed by atoms with Crippen LogP contribution in [0.2, 0.25) is 0 Å². The first-order valence-corrected chi connectivity index (χ1v) is 4.95. The van der Waals surface area contributed by atoms with Crippen molar-refractivity contribution in [3.63, 3.8) is 0 Å². The zero-order valence-electron chi connectivity index (χ0n) is 7.18. The third-order valence-electron chi connectivity index (χ3n) is 2.11. The van der Waals surface area contributed by atoms with E-state index in [1.165, 1.54) is 6.07 Å². The van der Waals surface area contributed by atoms with Crippen LogP contribution in [-0.4, -0.2) is 12.6 Å². The van der Waals surface area contributed by atoms with Crippen LogP contribution in [0.4, 0.5) is 9.18 Å². The minimum Gasteiger partial charge on any atom is -0.336 e. The number of rotatable bonds is 1. The quantitative estimate of drug-likeness (QED) is 0.795. The van der Waals surface area contributed by atoms with E-state index in [1.807, 2.05) is 0 Å². The van der Waals surface area contributed by atoms with E-state index in [1.54, 1.807) is 12.1 Å². The Morgan fingerprint density at radius 3 is 2.93 bits per heavy atom. The lowest BCUT2D eigenvalue weighted by molar-refractivity contribution is 0.247. The Bertz CT molecular complexity index is 383. The second kappa shape index (κ2) is 3.57. The SMILES string of the molecule is O=C1NCC(c2cc(Br)ccc2F)N1. The van der Waals surface area contributed by atoms with Crippen LogP contribution in [0.3, 0.4) is 0 Å². The molecule has 2 amide bonds. The van der Waals surface area contributed by atoms with Gasteiger partial charge in [0.05, 0.1) is 6.04 Å². The van der Waals surface area contributed by atoms with Crippen molar-refractivity contribution in [3.05, 3.63) is 34.1 Å². The molecule has 0 spiro atoms. The molecule has 1 saturated heterocycles. The molecule has 1 aromatic rings. The summed E-state index contributed by atoms with van der Waals surface area (Å²) >= 11 is 3.26. The number of benzene rings is 1. The molecule has 1 aromatic carbocycles. The van der Waals surface area contributed by atoms with E-state index in [9.17, 15) is 9.18 Å². The Balaban J connectivity index is 2.31. The Kier molecular flexibility index (Phi) is 2.41. The molecule has 2 N–H and O–H groups in total. The Labute approximate surface area is 88.8 Å². The maximum Gasteiger partial charge on any atom is 0.315 e. The van der Waals surface area contributed by atoms with Crippen LogP contribution in [-0.2, 0) is 0 Å². The molecule has 3 nitrogen and oxygen atoms in total. The van der Waals surface area contributed by atoms with Gasteiger partial charge in [-0.05, 0) is 18.2 Å². The monoisotopic (exact) mass is 258 g/mol. The topological polar surface area (TPSA) is 41.1 Å². The van der Waals surface area contributed by atoms with Gasteiger partial charge in [0.2, 0.25) is 0 Å². The minimum absolute atomic E-state index is 0.255. The van der Waals surface area contributed by atoms with Crippen LogP contribution in [0.25, 0.3) is 0 Å². The second-order valence-corrected chi connectivity index (χ2v) is 3.99. The number of nitrogens with one attached hydrogen (secondary N) is 2. The summed E-state index contributed by atoms with van der Waals surface area (Å²) < 4.78 is 14.1. The highest BCUT2D eigenvalue weighted by Crippen LogP contribution is 2.22. The van der Waals surface area contributed by atoms with Gasteiger partial charge >= 0.3 is 6.03 Å². The molecule has 1 unspecified atom stereocenters. The first-order chi connectivity index (χ1) is 6.66. The van der Waals surface area contributed by atoms with Gasteiger partial charge in [-0.3, -0.25) is 0 Å². The van der Waals surface area contributed by atoms with Gasteiger partial charge < -0.3 is 10.6 Å². The van der Waals surface area contributed by atoms with Crippen molar-refractivity contribution in [3.8, 4) is 0 Å². The highest BCUT2D eigenvalue weighted by Gasteiger charge is 2.24. The zero-order valence-corrected chi connectivity index (χ0v) is 8.77. The molecule has 14 heavy (non-hydrogen) atoms. The summed E-state index contributed by atoms with van der Waals surface area (Å²) in [5, 5.41) is 5.21. The first kappa shape index (κ1) is 9.45. The largest absolute Gasteiger partial charge is 0.336 e. The van der Waals surface area contributed by atoms with Gasteiger partial charge in [0.25, 0.3) is 0 Å². The third-order valence-corrected chi connectivity index (χ3v) is 2.60. The third kappa shape index (κ3) is 1.72. The summed E-state index contributed by atoms with van der Waals surface area (Å²) in [5.74, 6) is -0.304. The normalized spacial score (nSPS) is 20.4. The van der Waals surface area contributed by atoms with Gasteiger partial charge in [0.15, 0.2) is 0 Å². The van der Waals surface area contributed by atoms with Crippen molar-refractivity contribution in [2.75, 3.05) is 6.54 Å². The van der Waals surface area contributed by atoms with Crippen LogP contribution in [0.15, 0.2) is 22.7 Å². The lowest BCUT2D eigenvalue weighted by Gasteiger charge is -2.10. The molecule has 1 heterocycles. The molecule has 0 aromatic heterocycles. The van der Waals surface area contributed by atoms with E-state index in [0.717, 1.165) is 4.47 Å². The van der Waals surface area contributed by atoms with E-state index in [4.69, 9.17) is 0 Å². The highest BCUT2D eigenvalue weighted by molar-refractivity contribution is 9.10. The van der Waals surface area contributed by atoms with Crippen LogP contribution >= 0.6 is 15.9 Å². The molecule has 1 fully saturated rings. The number of carbonyl (C=O) groups excluding carboxylic acids is 1. The van der Waals surface area contributed by atoms with Gasteiger partial charge in [0.1, 0.15) is 5.82 Å². The molecule has 0 bridgehead atoms. The Morgan fingerprint density at radius 1 is 1.50 bits per heavy atom. The molecule has 1 aliphatic heterocycles.